The summed E-state index contributed by atoms with van der Waals surface area (Å²) < 4.78 is 7.91. The quantitative estimate of drug-likeness (QED) is 0.480. The lowest BCUT2D eigenvalue weighted by Gasteiger charge is -2.26. The monoisotopic (exact) mass is 382 g/mol. The number of anilines is 2. The normalized spacial score (nSPS) is 15.4. The third-order valence-electron chi connectivity index (χ3n) is 5.27. The molecular formula is C24H22N4O. The third kappa shape index (κ3) is 3.55. The molecule has 3 aromatic carbocycles. The number of fused-ring (bicyclic) bond motifs is 1. The van der Waals surface area contributed by atoms with E-state index in [4.69, 9.17) is 15.6 Å². The molecule has 0 aliphatic carbocycles. The molecule has 1 aliphatic heterocycles. The van der Waals surface area contributed by atoms with E-state index >= 15 is 0 Å². The Morgan fingerprint density at radius 1 is 0.897 bits per heavy atom. The number of ether oxygens (including phenoxy) is 1. The maximum Gasteiger partial charge on any atom is 0.127 e. The molecule has 144 valence electrons. The second kappa shape index (κ2) is 7.36. The second-order valence-electron chi connectivity index (χ2n) is 7.24. The van der Waals surface area contributed by atoms with Crippen LogP contribution in [0.5, 0.6) is 11.5 Å². The summed E-state index contributed by atoms with van der Waals surface area (Å²) >= 11 is 0. The van der Waals surface area contributed by atoms with Crippen molar-refractivity contribution in [3.8, 4) is 22.8 Å². The van der Waals surface area contributed by atoms with Crippen LogP contribution in [0.4, 0.5) is 11.5 Å². The Hall–Kier alpha value is -3.73. The van der Waals surface area contributed by atoms with E-state index in [1.807, 2.05) is 77.5 Å². The molecule has 2 heterocycles. The number of aromatic nitrogens is 2. The van der Waals surface area contributed by atoms with Crippen LogP contribution in [0.2, 0.25) is 0 Å². The van der Waals surface area contributed by atoms with Crippen LogP contribution in [0.15, 0.2) is 84.9 Å². The summed E-state index contributed by atoms with van der Waals surface area (Å²) in [7, 11) is 0. The van der Waals surface area contributed by atoms with Crippen molar-refractivity contribution in [3.63, 3.8) is 0 Å². The molecular weight excluding hydrogens is 360 g/mol. The number of nitrogens with one attached hydrogen (secondary N) is 1. The molecule has 0 fully saturated rings. The van der Waals surface area contributed by atoms with E-state index in [0.29, 0.717) is 5.92 Å². The maximum absolute atomic E-state index is 6.17. The molecule has 4 aromatic rings. The van der Waals surface area contributed by atoms with Crippen LogP contribution in [0, 0.1) is 0 Å². The minimum atomic E-state index is 0.304. The van der Waals surface area contributed by atoms with E-state index in [-0.39, 0.29) is 0 Å². The molecule has 0 amide bonds. The van der Waals surface area contributed by atoms with Gasteiger partial charge in [-0.05, 0) is 48.0 Å². The summed E-state index contributed by atoms with van der Waals surface area (Å²) in [5, 5.41) is 8.31. The fraction of sp³-hybridized carbons (Fsp3) is 0.125. The highest BCUT2D eigenvalue weighted by atomic mass is 16.5. The minimum absolute atomic E-state index is 0.304. The molecule has 5 heteroatoms. The van der Waals surface area contributed by atoms with Gasteiger partial charge in [0.15, 0.2) is 0 Å². The fourth-order valence-corrected chi connectivity index (χ4v) is 3.75. The zero-order chi connectivity index (χ0) is 19.6. The van der Waals surface area contributed by atoms with Gasteiger partial charge >= 0.3 is 0 Å². The number of nitrogens with zero attached hydrogens (tertiary/aromatic N) is 2. The Morgan fingerprint density at radius 2 is 1.62 bits per heavy atom. The number of benzene rings is 3. The molecule has 1 aliphatic rings. The van der Waals surface area contributed by atoms with Crippen LogP contribution in [-0.2, 0) is 6.54 Å². The van der Waals surface area contributed by atoms with Crippen molar-refractivity contribution in [2.45, 2.75) is 12.5 Å². The number of nitrogens with two attached hydrogens (primary N) is 1. The molecule has 0 saturated heterocycles. The first kappa shape index (κ1) is 17.4. The van der Waals surface area contributed by atoms with Crippen molar-refractivity contribution in [2.24, 2.45) is 0 Å². The van der Waals surface area contributed by atoms with Crippen LogP contribution in [0.3, 0.4) is 0 Å². The summed E-state index contributed by atoms with van der Waals surface area (Å²) in [5.74, 6) is 2.98. The number of rotatable bonds is 4. The molecule has 0 spiro atoms. The van der Waals surface area contributed by atoms with Gasteiger partial charge in [-0.25, -0.2) is 4.68 Å². The Labute approximate surface area is 169 Å². The van der Waals surface area contributed by atoms with E-state index in [0.717, 1.165) is 47.4 Å². The van der Waals surface area contributed by atoms with Crippen molar-refractivity contribution in [2.75, 3.05) is 17.6 Å². The summed E-state index contributed by atoms with van der Waals surface area (Å²) in [4.78, 5) is 0. The van der Waals surface area contributed by atoms with Crippen LogP contribution < -0.4 is 15.8 Å². The highest BCUT2D eigenvalue weighted by Gasteiger charge is 2.23. The number of para-hydroxylation sites is 2. The van der Waals surface area contributed by atoms with Gasteiger partial charge in [0.05, 0.1) is 12.2 Å². The molecule has 0 bridgehead atoms. The third-order valence-corrected chi connectivity index (χ3v) is 5.27. The second-order valence-corrected chi connectivity index (χ2v) is 7.24. The zero-order valence-electron chi connectivity index (χ0n) is 16.0. The molecule has 0 saturated carbocycles. The molecule has 5 nitrogen and oxygen atoms in total. The van der Waals surface area contributed by atoms with Crippen molar-refractivity contribution in [3.05, 3.63) is 90.5 Å². The Balaban J connectivity index is 1.34. The lowest BCUT2D eigenvalue weighted by Crippen LogP contribution is -2.26. The van der Waals surface area contributed by atoms with E-state index in [1.54, 1.807) is 0 Å². The van der Waals surface area contributed by atoms with Crippen molar-refractivity contribution >= 4 is 11.5 Å². The molecule has 1 aromatic heterocycles. The summed E-state index contributed by atoms with van der Waals surface area (Å²) in [5.41, 5.74) is 10.2. The van der Waals surface area contributed by atoms with Crippen molar-refractivity contribution < 1.29 is 4.74 Å². The largest absolute Gasteiger partial charge is 0.457 e. The fourth-order valence-electron chi connectivity index (χ4n) is 3.75. The van der Waals surface area contributed by atoms with Gasteiger partial charge in [-0.2, -0.15) is 5.10 Å². The van der Waals surface area contributed by atoms with Crippen LogP contribution in [-0.4, -0.2) is 16.3 Å². The molecule has 5 rings (SSSR count). The topological polar surface area (TPSA) is 65.1 Å². The number of hydrogen-bond donors (Lipinski definition) is 2. The van der Waals surface area contributed by atoms with Gasteiger partial charge in [-0.3, -0.25) is 0 Å². The minimum Gasteiger partial charge on any atom is -0.457 e. The summed E-state index contributed by atoms with van der Waals surface area (Å²) in [6, 6.07) is 28.0. The average Bonchev–Trinajstić information content (AvgIpc) is 3.19. The molecule has 0 radical (unpaired) electrons. The van der Waals surface area contributed by atoms with Gasteiger partial charge in [-0.15, -0.1) is 0 Å². The summed E-state index contributed by atoms with van der Waals surface area (Å²) in [6.45, 7) is 1.66. The predicted molar refractivity (Wildman–Crippen MR) is 116 cm³/mol. The first-order valence-electron chi connectivity index (χ1n) is 9.76. The number of nitrogen functional groups attached to an aromatic ring is 1. The zero-order valence-corrected chi connectivity index (χ0v) is 16.0. The Bertz CT molecular complexity index is 1120. The molecule has 1 unspecified atom stereocenters. The smallest absolute Gasteiger partial charge is 0.127 e. The number of hydrogen-bond acceptors (Lipinski definition) is 4. The first-order chi connectivity index (χ1) is 14.3. The van der Waals surface area contributed by atoms with Crippen LogP contribution >= 0.6 is 0 Å². The molecule has 1 atom stereocenters. The maximum atomic E-state index is 6.17. The van der Waals surface area contributed by atoms with Crippen LogP contribution in [0.1, 0.15) is 11.5 Å². The van der Waals surface area contributed by atoms with E-state index in [1.165, 1.54) is 5.56 Å². The highest BCUT2D eigenvalue weighted by molar-refractivity contribution is 5.64. The lowest BCUT2D eigenvalue weighted by molar-refractivity contribution is 0.483. The van der Waals surface area contributed by atoms with E-state index in [9.17, 15) is 0 Å². The summed E-state index contributed by atoms with van der Waals surface area (Å²) in [6.07, 6.45) is 0. The SMILES string of the molecule is Nc1ccccc1C1CNc2cc(-c3ccc(Oc4ccccc4)cc3)nn2C1. The van der Waals surface area contributed by atoms with E-state index < -0.39 is 0 Å². The standard InChI is InChI=1S/C24H22N4O/c25-22-9-5-4-8-21(22)18-15-26-24-14-23(27-28(24)16-18)17-10-12-20(13-11-17)29-19-6-2-1-3-7-19/h1-14,18,26H,15-16,25H2. The van der Waals surface area contributed by atoms with Gasteiger partial charge in [0.1, 0.15) is 17.3 Å². The lowest BCUT2D eigenvalue weighted by atomic mass is 9.96. The van der Waals surface area contributed by atoms with Gasteiger partial charge in [-0.1, -0.05) is 36.4 Å². The van der Waals surface area contributed by atoms with Crippen molar-refractivity contribution in [1.82, 2.24) is 9.78 Å². The van der Waals surface area contributed by atoms with Crippen LogP contribution in [0.25, 0.3) is 11.3 Å². The highest BCUT2D eigenvalue weighted by Crippen LogP contribution is 2.32. The Kier molecular flexibility index (Phi) is 4.41. The van der Waals surface area contributed by atoms with Crippen molar-refractivity contribution in [1.29, 1.82) is 0 Å². The van der Waals surface area contributed by atoms with E-state index in [2.05, 4.69) is 17.4 Å². The van der Waals surface area contributed by atoms with Gasteiger partial charge in [0.25, 0.3) is 0 Å². The average molecular weight is 382 g/mol. The van der Waals surface area contributed by atoms with Gasteiger partial charge in [0.2, 0.25) is 0 Å². The Morgan fingerprint density at radius 3 is 2.41 bits per heavy atom. The first-order valence-corrected chi connectivity index (χ1v) is 9.76. The molecule has 29 heavy (non-hydrogen) atoms. The van der Waals surface area contributed by atoms with Gasteiger partial charge in [0, 0.05) is 29.8 Å². The predicted octanol–water partition coefficient (Wildman–Crippen LogP) is 5.13. The van der Waals surface area contributed by atoms with Gasteiger partial charge < -0.3 is 15.8 Å². The molecule has 3 N–H and O–H groups in total.